The highest BCUT2D eigenvalue weighted by Gasteiger charge is 2.35. The van der Waals surface area contributed by atoms with E-state index in [4.69, 9.17) is 15.3 Å². The van der Waals surface area contributed by atoms with Gasteiger partial charge in [0, 0.05) is 6.08 Å². The van der Waals surface area contributed by atoms with Gasteiger partial charge in [0.15, 0.2) is 0 Å². The van der Waals surface area contributed by atoms with Gasteiger partial charge in [-0.1, -0.05) is 6.58 Å². The van der Waals surface area contributed by atoms with Crippen molar-refractivity contribution in [3.63, 3.8) is 0 Å². The van der Waals surface area contributed by atoms with Gasteiger partial charge in [-0.05, 0) is 0 Å². The number of carbonyl (C=O) groups is 1. The van der Waals surface area contributed by atoms with Crippen LogP contribution in [-0.2, 0) is 9.53 Å². The zero-order valence-electron chi connectivity index (χ0n) is 8.88. The molecule has 8 nitrogen and oxygen atoms in total. The van der Waals surface area contributed by atoms with Crippen molar-refractivity contribution in [2.45, 2.75) is 30.7 Å². The summed E-state index contributed by atoms with van der Waals surface area (Å²) < 4.78 is 4.18. The minimum Gasteiger partial charge on any atom is -0.430 e. The number of esters is 1. The van der Waals surface area contributed by atoms with Crippen molar-refractivity contribution in [3.8, 4) is 0 Å². The summed E-state index contributed by atoms with van der Waals surface area (Å²) in [5.74, 6) is -1.04. The molecule has 0 amide bonds. The molecule has 0 aromatic heterocycles. The maximum absolute atomic E-state index is 10.7. The fourth-order valence-corrected chi connectivity index (χ4v) is 0.943. The lowest BCUT2D eigenvalue weighted by atomic mass is 10.0. The first-order chi connectivity index (χ1) is 7.84. The Kier molecular flexibility index (Phi) is 6.88. The van der Waals surface area contributed by atoms with E-state index in [2.05, 4.69) is 11.3 Å². The van der Waals surface area contributed by atoms with E-state index in [1.807, 2.05) is 0 Å². The third-order valence-corrected chi connectivity index (χ3v) is 1.98. The summed E-state index contributed by atoms with van der Waals surface area (Å²) in [5.41, 5.74) is 0. The average molecular weight is 252 g/mol. The van der Waals surface area contributed by atoms with Crippen molar-refractivity contribution in [2.24, 2.45) is 0 Å². The first kappa shape index (κ1) is 16.0. The molecule has 100 valence electrons. The molecule has 0 rings (SSSR count). The monoisotopic (exact) mass is 252 g/mol. The van der Waals surface area contributed by atoms with E-state index < -0.39 is 43.3 Å². The van der Waals surface area contributed by atoms with Crippen LogP contribution in [0.4, 0.5) is 0 Å². The van der Waals surface area contributed by atoms with E-state index in [0.717, 1.165) is 6.08 Å². The number of hydrogen-bond acceptors (Lipinski definition) is 8. The van der Waals surface area contributed by atoms with Crippen molar-refractivity contribution in [3.05, 3.63) is 12.7 Å². The number of carbonyl (C=O) groups excluding carboxylic acids is 1. The van der Waals surface area contributed by atoms with E-state index >= 15 is 0 Å². The number of aliphatic hydroxyl groups excluding tert-OH is 6. The second-order valence-electron chi connectivity index (χ2n) is 3.25. The molecular weight excluding hydrogens is 236 g/mol. The highest BCUT2D eigenvalue weighted by Crippen LogP contribution is 2.09. The van der Waals surface area contributed by atoms with Crippen LogP contribution >= 0.6 is 0 Å². The van der Waals surface area contributed by atoms with Gasteiger partial charge in [-0.3, -0.25) is 0 Å². The summed E-state index contributed by atoms with van der Waals surface area (Å²) >= 11 is 0. The minimum atomic E-state index is -2.10. The van der Waals surface area contributed by atoms with Gasteiger partial charge in [-0.2, -0.15) is 0 Å². The van der Waals surface area contributed by atoms with Gasteiger partial charge in [0.1, 0.15) is 24.4 Å². The van der Waals surface area contributed by atoms with Gasteiger partial charge in [-0.25, -0.2) is 4.79 Å². The van der Waals surface area contributed by atoms with Gasteiger partial charge in [0.05, 0.1) is 6.61 Å². The Hall–Kier alpha value is -1.03. The Labute approximate surface area is 97.0 Å². The summed E-state index contributed by atoms with van der Waals surface area (Å²) in [4.78, 5) is 10.7. The molecule has 0 aliphatic heterocycles. The Morgan fingerprint density at radius 3 is 2.06 bits per heavy atom. The van der Waals surface area contributed by atoms with Crippen LogP contribution in [0, 0.1) is 0 Å². The summed E-state index contributed by atoms with van der Waals surface area (Å²) in [6.07, 6.45) is -9.05. The Balaban J connectivity index is 4.42. The normalized spacial score (nSPS) is 19.9. The molecule has 0 aliphatic carbocycles. The van der Waals surface area contributed by atoms with Crippen molar-refractivity contribution in [2.75, 3.05) is 6.61 Å². The lowest BCUT2D eigenvalue weighted by Gasteiger charge is -2.27. The molecule has 5 atom stereocenters. The average Bonchev–Trinajstić information content (AvgIpc) is 2.34. The standard InChI is InChI=1S/C9H16O8/c1-2-5(12)17-9(16)8(15)7(14)6(13)4(11)3-10/h2,4,6-11,13-16H,1,3H2/t4-,6+,7+,8+,9?/m0/s1. The minimum absolute atomic E-state index is 0.724. The van der Waals surface area contributed by atoms with Crippen molar-refractivity contribution in [1.82, 2.24) is 0 Å². The molecule has 0 radical (unpaired) electrons. The molecule has 0 aromatic rings. The summed E-state index contributed by atoms with van der Waals surface area (Å²) in [5, 5.41) is 54.4. The van der Waals surface area contributed by atoms with Gasteiger partial charge < -0.3 is 35.4 Å². The molecule has 1 unspecified atom stereocenters. The third kappa shape index (κ3) is 4.77. The molecule has 0 fully saturated rings. The quantitative estimate of drug-likeness (QED) is 0.155. The smallest absolute Gasteiger partial charge is 0.332 e. The maximum atomic E-state index is 10.7. The van der Waals surface area contributed by atoms with E-state index in [1.165, 1.54) is 0 Å². The van der Waals surface area contributed by atoms with E-state index in [9.17, 15) is 20.1 Å². The van der Waals surface area contributed by atoms with Crippen LogP contribution in [0.1, 0.15) is 0 Å². The first-order valence-electron chi connectivity index (χ1n) is 4.69. The number of aliphatic hydroxyl groups is 6. The number of hydrogen-bond donors (Lipinski definition) is 6. The Morgan fingerprint density at radius 2 is 1.65 bits per heavy atom. The van der Waals surface area contributed by atoms with E-state index in [0.29, 0.717) is 0 Å². The van der Waals surface area contributed by atoms with Crippen molar-refractivity contribution < 1.29 is 40.2 Å². The molecule has 0 aromatic carbocycles. The fourth-order valence-electron chi connectivity index (χ4n) is 0.943. The molecule has 0 saturated heterocycles. The van der Waals surface area contributed by atoms with Crippen LogP contribution in [0.15, 0.2) is 12.7 Å². The molecule has 17 heavy (non-hydrogen) atoms. The molecule has 0 spiro atoms. The summed E-state index contributed by atoms with van der Waals surface area (Å²) in [6, 6.07) is 0. The summed E-state index contributed by atoms with van der Waals surface area (Å²) in [7, 11) is 0. The zero-order chi connectivity index (χ0) is 13.6. The highest BCUT2D eigenvalue weighted by molar-refractivity contribution is 5.81. The molecule has 0 heterocycles. The highest BCUT2D eigenvalue weighted by atomic mass is 16.6. The molecular formula is C9H16O8. The SMILES string of the molecule is C=CC(=O)OC(O)[C@H](O)[C@H](O)[C@H](O)[C@@H](O)CO. The maximum Gasteiger partial charge on any atom is 0.332 e. The predicted molar refractivity (Wildman–Crippen MR) is 53.4 cm³/mol. The lowest BCUT2D eigenvalue weighted by Crippen LogP contribution is -2.50. The van der Waals surface area contributed by atoms with Gasteiger partial charge in [-0.15, -0.1) is 0 Å². The topological polar surface area (TPSA) is 148 Å². The third-order valence-electron chi connectivity index (χ3n) is 1.98. The van der Waals surface area contributed by atoms with Gasteiger partial charge in [0.2, 0.25) is 6.29 Å². The zero-order valence-corrected chi connectivity index (χ0v) is 8.88. The van der Waals surface area contributed by atoms with Crippen LogP contribution in [0.3, 0.4) is 0 Å². The molecule has 6 N–H and O–H groups in total. The van der Waals surface area contributed by atoms with Crippen LogP contribution in [0.2, 0.25) is 0 Å². The van der Waals surface area contributed by atoms with Crippen LogP contribution in [-0.4, -0.2) is 73.9 Å². The molecule has 0 saturated carbocycles. The van der Waals surface area contributed by atoms with Crippen LogP contribution in [0.5, 0.6) is 0 Å². The van der Waals surface area contributed by atoms with Crippen molar-refractivity contribution in [1.29, 1.82) is 0 Å². The largest absolute Gasteiger partial charge is 0.430 e. The molecule has 8 heteroatoms. The van der Waals surface area contributed by atoms with Gasteiger partial charge in [0.25, 0.3) is 0 Å². The number of ether oxygens (including phenoxy) is 1. The second kappa shape index (κ2) is 7.33. The summed E-state index contributed by atoms with van der Waals surface area (Å²) in [6.45, 7) is 2.19. The van der Waals surface area contributed by atoms with Crippen molar-refractivity contribution >= 4 is 5.97 Å². The Morgan fingerprint density at radius 1 is 1.12 bits per heavy atom. The second-order valence-corrected chi connectivity index (χ2v) is 3.25. The fraction of sp³-hybridized carbons (Fsp3) is 0.667. The van der Waals surface area contributed by atoms with E-state index in [-0.39, 0.29) is 0 Å². The number of rotatable bonds is 7. The van der Waals surface area contributed by atoms with Crippen LogP contribution in [0.25, 0.3) is 0 Å². The Bertz CT molecular complexity index is 255. The molecule has 0 bridgehead atoms. The van der Waals surface area contributed by atoms with E-state index in [1.54, 1.807) is 0 Å². The van der Waals surface area contributed by atoms with Crippen LogP contribution < -0.4 is 0 Å². The molecule has 0 aliphatic rings. The lowest BCUT2D eigenvalue weighted by molar-refractivity contribution is -0.210. The first-order valence-corrected chi connectivity index (χ1v) is 4.69. The van der Waals surface area contributed by atoms with Gasteiger partial charge >= 0.3 is 5.97 Å². The predicted octanol–water partition coefficient (Wildman–Crippen LogP) is -3.53.